The van der Waals surface area contributed by atoms with Crippen LogP contribution in [-0.4, -0.2) is 5.97 Å². The summed E-state index contributed by atoms with van der Waals surface area (Å²) in [5.74, 6) is 0.137. The Kier molecular flexibility index (Phi) is 2.75. The van der Waals surface area contributed by atoms with Crippen LogP contribution in [0.3, 0.4) is 0 Å². The standard InChI is InChI=1S/C14H18O2/c1-4-9-14(10(2)3)12-8-6-5-7-11(12)13(15)16-14/h5-8,10H,4,9H2,1-3H3. The molecule has 0 aromatic heterocycles. The van der Waals surface area contributed by atoms with Gasteiger partial charge in [0.1, 0.15) is 5.60 Å². The maximum absolute atomic E-state index is 11.8. The van der Waals surface area contributed by atoms with Crippen molar-refractivity contribution in [2.75, 3.05) is 0 Å². The molecule has 0 aliphatic carbocycles. The van der Waals surface area contributed by atoms with Gasteiger partial charge >= 0.3 is 5.97 Å². The second-order valence-corrected chi connectivity index (χ2v) is 4.73. The Hall–Kier alpha value is -1.31. The lowest BCUT2D eigenvalue weighted by atomic mass is 9.79. The van der Waals surface area contributed by atoms with E-state index in [9.17, 15) is 4.79 Å². The van der Waals surface area contributed by atoms with Gasteiger partial charge in [-0.25, -0.2) is 4.79 Å². The van der Waals surface area contributed by atoms with Gasteiger partial charge in [0.05, 0.1) is 5.56 Å². The Bertz CT molecular complexity index is 409. The molecule has 0 bridgehead atoms. The molecule has 0 spiro atoms. The minimum absolute atomic E-state index is 0.169. The van der Waals surface area contributed by atoms with Gasteiger partial charge in [-0.05, 0) is 18.4 Å². The Morgan fingerprint density at radius 3 is 2.62 bits per heavy atom. The number of rotatable bonds is 3. The van der Waals surface area contributed by atoms with Crippen LogP contribution in [0.4, 0.5) is 0 Å². The first kappa shape index (κ1) is 11.2. The molecular formula is C14H18O2. The zero-order chi connectivity index (χ0) is 11.8. The van der Waals surface area contributed by atoms with E-state index < -0.39 is 5.60 Å². The molecule has 0 fully saturated rings. The van der Waals surface area contributed by atoms with Crippen molar-refractivity contribution in [3.63, 3.8) is 0 Å². The molecule has 86 valence electrons. The number of hydrogen-bond acceptors (Lipinski definition) is 2. The summed E-state index contributed by atoms with van der Waals surface area (Å²) in [5, 5.41) is 0. The van der Waals surface area contributed by atoms with Crippen LogP contribution in [0.1, 0.15) is 49.5 Å². The minimum Gasteiger partial charge on any atom is -0.450 e. The van der Waals surface area contributed by atoms with Crippen LogP contribution >= 0.6 is 0 Å². The number of hydrogen-bond donors (Lipinski definition) is 0. The van der Waals surface area contributed by atoms with Crippen molar-refractivity contribution in [1.29, 1.82) is 0 Å². The van der Waals surface area contributed by atoms with Gasteiger partial charge in [0.15, 0.2) is 0 Å². The molecule has 1 heterocycles. The molecule has 2 heteroatoms. The molecule has 0 N–H and O–H groups in total. The van der Waals surface area contributed by atoms with Crippen LogP contribution in [0.15, 0.2) is 24.3 Å². The predicted molar refractivity (Wildman–Crippen MR) is 63.3 cm³/mol. The number of carbonyl (C=O) groups is 1. The molecule has 2 rings (SSSR count). The quantitative estimate of drug-likeness (QED) is 0.726. The van der Waals surface area contributed by atoms with Crippen molar-refractivity contribution in [1.82, 2.24) is 0 Å². The third-order valence-electron chi connectivity index (χ3n) is 3.43. The van der Waals surface area contributed by atoms with Crippen LogP contribution in [0, 0.1) is 5.92 Å². The minimum atomic E-state index is -0.400. The molecule has 1 aliphatic heterocycles. The maximum Gasteiger partial charge on any atom is 0.339 e. The van der Waals surface area contributed by atoms with E-state index in [1.54, 1.807) is 0 Å². The molecule has 0 saturated heterocycles. The summed E-state index contributed by atoms with van der Waals surface area (Å²) in [4.78, 5) is 11.8. The predicted octanol–water partition coefficient (Wildman–Crippen LogP) is 3.51. The lowest BCUT2D eigenvalue weighted by molar-refractivity contribution is -0.0401. The van der Waals surface area contributed by atoms with E-state index in [-0.39, 0.29) is 5.97 Å². The number of fused-ring (bicyclic) bond motifs is 1. The van der Waals surface area contributed by atoms with Crippen LogP contribution in [0.25, 0.3) is 0 Å². The van der Waals surface area contributed by atoms with Crippen molar-refractivity contribution >= 4 is 5.97 Å². The lowest BCUT2D eigenvalue weighted by Gasteiger charge is -2.32. The van der Waals surface area contributed by atoms with E-state index in [2.05, 4.69) is 20.8 Å². The Labute approximate surface area is 96.6 Å². The number of benzene rings is 1. The summed E-state index contributed by atoms with van der Waals surface area (Å²) in [6.45, 7) is 6.36. The van der Waals surface area contributed by atoms with Gasteiger partial charge < -0.3 is 4.74 Å². The van der Waals surface area contributed by atoms with E-state index >= 15 is 0 Å². The van der Waals surface area contributed by atoms with Gasteiger partial charge in [-0.3, -0.25) is 0 Å². The lowest BCUT2D eigenvalue weighted by Crippen LogP contribution is -2.32. The van der Waals surface area contributed by atoms with Gasteiger partial charge in [0, 0.05) is 5.56 Å². The second-order valence-electron chi connectivity index (χ2n) is 4.73. The summed E-state index contributed by atoms with van der Waals surface area (Å²) in [5.41, 5.74) is 1.41. The number of ether oxygens (including phenoxy) is 1. The highest BCUT2D eigenvalue weighted by molar-refractivity contribution is 5.94. The molecule has 1 unspecified atom stereocenters. The molecule has 1 aromatic rings. The van der Waals surface area contributed by atoms with E-state index in [1.807, 2.05) is 24.3 Å². The van der Waals surface area contributed by atoms with Crippen LogP contribution in [0.5, 0.6) is 0 Å². The van der Waals surface area contributed by atoms with Gasteiger partial charge in [-0.15, -0.1) is 0 Å². The highest BCUT2D eigenvalue weighted by Crippen LogP contribution is 2.45. The summed E-state index contributed by atoms with van der Waals surface area (Å²) in [7, 11) is 0. The largest absolute Gasteiger partial charge is 0.450 e. The fourth-order valence-electron chi connectivity index (χ4n) is 2.58. The van der Waals surface area contributed by atoms with Gasteiger partial charge in [-0.2, -0.15) is 0 Å². The summed E-state index contributed by atoms with van der Waals surface area (Å²) in [6.07, 6.45) is 1.91. The third kappa shape index (κ3) is 1.44. The second kappa shape index (κ2) is 3.93. The first-order valence-electron chi connectivity index (χ1n) is 5.94. The third-order valence-corrected chi connectivity index (χ3v) is 3.43. The van der Waals surface area contributed by atoms with Crippen LogP contribution in [0.2, 0.25) is 0 Å². The number of esters is 1. The molecule has 0 saturated carbocycles. The molecule has 2 nitrogen and oxygen atoms in total. The normalized spacial score (nSPS) is 23.4. The van der Waals surface area contributed by atoms with E-state index in [1.165, 1.54) is 0 Å². The highest BCUT2D eigenvalue weighted by Gasteiger charge is 2.46. The first-order valence-corrected chi connectivity index (χ1v) is 5.94. The van der Waals surface area contributed by atoms with E-state index in [4.69, 9.17) is 4.74 Å². The van der Waals surface area contributed by atoms with Crippen molar-refractivity contribution in [3.05, 3.63) is 35.4 Å². The average Bonchev–Trinajstić information content (AvgIpc) is 2.55. The summed E-state index contributed by atoms with van der Waals surface area (Å²) >= 11 is 0. The zero-order valence-corrected chi connectivity index (χ0v) is 10.1. The van der Waals surface area contributed by atoms with E-state index in [0.717, 1.165) is 24.0 Å². The smallest absolute Gasteiger partial charge is 0.339 e. The number of cyclic esters (lactones) is 1. The van der Waals surface area contributed by atoms with Gasteiger partial charge in [-0.1, -0.05) is 45.4 Å². The molecular weight excluding hydrogens is 200 g/mol. The number of carbonyl (C=O) groups excluding carboxylic acids is 1. The fraction of sp³-hybridized carbons (Fsp3) is 0.500. The molecule has 0 radical (unpaired) electrons. The SMILES string of the molecule is CCCC1(C(C)C)OC(=O)c2ccccc21. The maximum atomic E-state index is 11.8. The molecule has 0 amide bonds. The van der Waals surface area contributed by atoms with Crippen molar-refractivity contribution in [3.8, 4) is 0 Å². The topological polar surface area (TPSA) is 26.3 Å². The summed E-state index contributed by atoms with van der Waals surface area (Å²) < 4.78 is 5.68. The molecule has 1 aliphatic rings. The highest BCUT2D eigenvalue weighted by atomic mass is 16.6. The first-order chi connectivity index (χ1) is 7.62. The Balaban J connectivity index is 2.55. The van der Waals surface area contributed by atoms with Crippen molar-refractivity contribution < 1.29 is 9.53 Å². The molecule has 16 heavy (non-hydrogen) atoms. The Morgan fingerprint density at radius 1 is 1.31 bits per heavy atom. The fourth-order valence-corrected chi connectivity index (χ4v) is 2.58. The Morgan fingerprint density at radius 2 is 2.00 bits per heavy atom. The molecule has 1 aromatic carbocycles. The van der Waals surface area contributed by atoms with E-state index in [0.29, 0.717) is 5.92 Å². The van der Waals surface area contributed by atoms with Gasteiger partial charge in [0.2, 0.25) is 0 Å². The molecule has 1 atom stereocenters. The summed E-state index contributed by atoms with van der Waals surface area (Å²) in [6, 6.07) is 7.75. The monoisotopic (exact) mass is 218 g/mol. The van der Waals surface area contributed by atoms with Crippen molar-refractivity contribution in [2.45, 2.75) is 39.2 Å². The van der Waals surface area contributed by atoms with Crippen LogP contribution < -0.4 is 0 Å². The zero-order valence-electron chi connectivity index (χ0n) is 10.1. The van der Waals surface area contributed by atoms with Crippen molar-refractivity contribution in [2.24, 2.45) is 5.92 Å². The van der Waals surface area contributed by atoms with Crippen LogP contribution in [-0.2, 0) is 10.3 Å². The van der Waals surface area contributed by atoms with Gasteiger partial charge in [0.25, 0.3) is 0 Å². The average molecular weight is 218 g/mol.